The second-order valence-electron chi connectivity index (χ2n) is 5.23. The molecule has 1 saturated carbocycles. The smallest absolute Gasteiger partial charge is 0.289 e. The van der Waals surface area contributed by atoms with Crippen LogP contribution in [-0.2, 0) is 0 Å². The van der Waals surface area contributed by atoms with Crippen molar-refractivity contribution in [2.45, 2.75) is 51.5 Å². The highest BCUT2D eigenvalue weighted by molar-refractivity contribution is 5.91. The van der Waals surface area contributed by atoms with Crippen LogP contribution in [0.2, 0.25) is 0 Å². The van der Waals surface area contributed by atoms with Crippen molar-refractivity contribution in [1.82, 2.24) is 15.8 Å². The van der Waals surface area contributed by atoms with Crippen LogP contribution in [0.5, 0.6) is 0 Å². The molecule has 5 nitrogen and oxygen atoms in total. The van der Waals surface area contributed by atoms with Crippen molar-refractivity contribution in [3.05, 3.63) is 17.5 Å². The molecular formula is C14H24ClN3O2. The minimum Gasteiger partial charge on any atom is -0.351 e. The van der Waals surface area contributed by atoms with Crippen molar-refractivity contribution in [1.29, 1.82) is 0 Å². The third kappa shape index (κ3) is 5.51. The summed E-state index contributed by atoms with van der Waals surface area (Å²) in [5.41, 5.74) is 0.724. The van der Waals surface area contributed by atoms with Crippen LogP contribution in [0.4, 0.5) is 0 Å². The molecule has 6 heteroatoms. The third-order valence-corrected chi connectivity index (χ3v) is 3.55. The van der Waals surface area contributed by atoms with E-state index in [-0.39, 0.29) is 24.1 Å². The fourth-order valence-corrected chi connectivity index (χ4v) is 2.49. The largest absolute Gasteiger partial charge is 0.351 e. The number of halogens is 1. The Balaban J connectivity index is 0.00000200. The Labute approximate surface area is 126 Å². The van der Waals surface area contributed by atoms with E-state index in [1.54, 1.807) is 13.0 Å². The van der Waals surface area contributed by atoms with Gasteiger partial charge in [-0.05, 0) is 19.8 Å². The minimum atomic E-state index is -0.191. The molecule has 0 atom stereocenters. The highest BCUT2D eigenvalue weighted by atomic mass is 35.5. The fourth-order valence-electron chi connectivity index (χ4n) is 2.49. The highest BCUT2D eigenvalue weighted by Crippen LogP contribution is 2.16. The van der Waals surface area contributed by atoms with Gasteiger partial charge in [0.05, 0.1) is 5.69 Å². The van der Waals surface area contributed by atoms with E-state index >= 15 is 0 Å². The predicted molar refractivity (Wildman–Crippen MR) is 80.3 cm³/mol. The molecule has 0 aliphatic heterocycles. The number of rotatable bonds is 5. The van der Waals surface area contributed by atoms with Gasteiger partial charge in [0.1, 0.15) is 0 Å². The van der Waals surface area contributed by atoms with E-state index < -0.39 is 0 Å². The van der Waals surface area contributed by atoms with Crippen molar-refractivity contribution < 1.29 is 9.32 Å². The van der Waals surface area contributed by atoms with E-state index in [0.29, 0.717) is 12.6 Å². The quantitative estimate of drug-likeness (QED) is 0.647. The molecule has 1 aromatic heterocycles. The summed E-state index contributed by atoms with van der Waals surface area (Å²) in [4.78, 5) is 11.7. The van der Waals surface area contributed by atoms with Gasteiger partial charge in [0, 0.05) is 25.2 Å². The van der Waals surface area contributed by atoms with Crippen LogP contribution in [-0.4, -0.2) is 30.2 Å². The molecule has 114 valence electrons. The average Bonchev–Trinajstić information content (AvgIpc) is 2.68. The predicted octanol–water partition coefficient (Wildman–Crippen LogP) is 2.45. The molecule has 0 unspecified atom stereocenters. The number of carbonyl (C=O) groups is 1. The maximum Gasteiger partial charge on any atom is 0.289 e. The molecule has 1 fully saturated rings. The lowest BCUT2D eigenvalue weighted by molar-refractivity contribution is 0.0916. The number of nitrogens with one attached hydrogen (secondary N) is 2. The zero-order valence-electron chi connectivity index (χ0n) is 12.0. The zero-order valence-corrected chi connectivity index (χ0v) is 12.8. The van der Waals surface area contributed by atoms with E-state index in [2.05, 4.69) is 15.8 Å². The molecule has 0 bridgehead atoms. The first-order valence-corrected chi connectivity index (χ1v) is 7.20. The topological polar surface area (TPSA) is 67.2 Å². The van der Waals surface area contributed by atoms with Gasteiger partial charge in [-0.2, -0.15) is 0 Å². The maximum atomic E-state index is 11.7. The van der Waals surface area contributed by atoms with Gasteiger partial charge < -0.3 is 15.2 Å². The molecule has 0 aromatic carbocycles. The monoisotopic (exact) mass is 301 g/mol. The molecule has 0 radical (unpaired) electrons. The van der Waals surface area contributed by atoms with Crippen LogP contribution >= 0.6 is 12.4 Å². The number of nitrogens with zero attached hydrogens (tertiary/aromatic N) is 1. The fraction of sp³-hybridized carbons (Fsp3) is 0.714. The molecule has 0 spiro atoms. The first-order valence-electron chi connectivity index (χ1n) is 7.20. The first kappa shape index (κ1) is 17.0. The number of aryl methyl sites for hydroxylation is 1. The molecule has 1 aliphatic rings. The maximum absolute atomic E-state index is 11.7. The molecule has 2 N–H and O–H groups in total. The first-order chi connectivity index (χ1) is 9.25. The standard InChI is InChI=1S/C14H23N3O2.ClH/c1-11-10-13(19-17-11)14(18)16-9-8-15-12-6-4-2-3-5-7-12;/h10,12,15H,2-9H2,1H3,(H,16,18);1H. The van der Waals surface area contributed by atoms with Crippen molar-refractivity contribution in [2.24, 2.45) is 0 Å². The van der Waals surface area contributed by atoms with Gasteiger partial charge in [0.15, 0.2) is 0 Å². The van der Waals surface area contributed by atoms with Crippen molar-refractivity contribution in [3.8, 4) is 0 Å². The lowest BCUT2D eigenvalue weighted by Gasteiger charge is -2.16. The zero-order chi connectivity index (χ0) is 13.5. The molecule has 1 aliphatic carbocycles. The Hall–Kier alpha value is -1.07. The van der Waals surface area contributed by atoms with E-state index in [9.17, 15) is 4.79 Å². The van der Waals surface area contributed by atoms with Crippen LogP contribution in [0.1, 0.15) is 54.8 Å². The summed E-state index contributed by atoms with van der Waals surface area (Å²) in [5.74, 6) is 0.0928. The number of carbonyl (C=O) groups excluding carboxylic acids is 1. The van der Waals surface area contributed by atoms with Gasteiger partial charge in [0.2, 0.25) is 5.76 Å². The lowest BCUT2D eigenvalue weighted by atomic mass is 10.1. The van der Waals surface area contributed by atoms with Gasteiger partial charge in [-0.15, -0.1) is 12.4 Å². The normalized spacial score (nSPS) is 16.2. The van der Waals surface area contributed by atoms with Crippen LogP contribution in [0.15, 0.2) is 10.6 Å². The SMILES string of the molecule is Cc1cc(C(=O)NCCNC2CCCCCC2)on1.Cl. The van der Waals surface area contributed by atoms with Gasteiger partial charge in [-0.3, -0.25) is 4.79 Å². The van der Waals surface area contributed by atoms with Crippen molar-refractivity contribution >= 4 is 18.3 Å². The Morgan fingerprint density at radius 2 is 2.00 bits per heavy atom. The number of amides is 1. The van der Waals surface area contributed by atoms with E-state index in [0.717, 1.165) is 12.2 Å². The van der Waals surface area contributed by atoms with E-state index in [4.69, 9.17) is 4.52 Å². The third-order valence-electron chi connectivity index (χ3n) is 3.55. The molecular weight excluding hydrogens is 278 g/mol. The van der Waals surface area contributed by atoms with Crippen molar-refractivity contribution in [3.63, 3.8) is 0 Å². The van der Waals surface area contributed by atoms with Gasteiger partial charge in [-0.1, -0.05) is 30.8 Å². The van der Waals surface area contributed by atoms with Crippen LogP contribution < -0.4 is 10.6 Å². The lowest BCUT2D eigenvalue weighted by Crippen LogP contribution is -2.36. The van der Waals surface area contributed by atoms with E-state index in [1.165, 1.54) is 38.5 Å². The van der Waals surface area contributed by atoms with Crippen molar-refractivity contribution in [2.75, 3.05) is 13.1 Å². The number of hydrogen-bond acceptors (Lipinski definition) is 4. The van der Waals surface area contributed by atoms with Gasteiger partial charge in [0.25, 0.3) is 5.91 Å². The summed E-state index contributed by atoms with van der Waals surface area (Å²) < 4.78 is 4.91. The Morgan fingerprint density at radius 1 is 1.30 bits per heavy atom. The summed E-state index contributed by atoms with van der Waals surface area (Å²) in [5, 5.41) is 10.0. The average molecular weight is 302 g/mol. The molecule has 2 rings (SSSR count). The second kappa shape index (κ2) is 8.97. The molecule has 1 heterocycles. The van der Waals surface area contributed by atoms with Gasteiger partial charge >= 0.3 is 0 Å². The summed E-state index contributed by atoms with van der Waals surface area (Å²) >= 11 is 0. The Bertz CT molecular complexity index is 401. The summed E-state index contributed by atoms with van der Waals surface area (Å²) in [6, 6.07) is 2.26. The Kier molecular flexibility index (Phi) is 7.62. The number of hydrogen-bond donors (Lipinski definition) is 2. The molecule has 1 aromatic rings. The Morgan fingerprint density at radius 3 is 2.60 bits per heavy atom. The number of aromatic nitrogens is 1. The highest BCUT2D eigenvalue weighted by Gasteiger charge is 2.12. The van der Waals surface area contributed by atoms with Crippen LogP contribution in [0.25, 0.3) is 0 Å². The second-order valence-corrected chi connectivity index (χ2v) is 5.23. The molecule has 20 heavy (non-hydrogen) atoms. The summed E-state index contributed by atoms with van der Waals surface area (Å²) in [6.07, 6.45) is 7.88. The summed E-state index contributed by atoms with van der Waals surface area (Å²) in [6.45, 7) is 3.23. The molecule has 1 amide bonds. The summed E-state index contributed by atoms with van der Waals surface area (Å²) in [7, 11) is 0. The van der Waals surface area contributed by atoms with E-state index in [1.807, 2.05) is 0 Å². The minimum absolute atomic E-state index is 0. The van der Waals surface area contributed by atoms with Crippen LogP contribution in [0, 0.1) is 6.92 Å². The molecule has 0 saturated heterocycles. The van der Waals surface area contributed by atoms with Crippen LogP contribution in [0.3, 0.4) is 0 Å². The van der Waals surface area contributed by atoms with Gasteiger partial charge in [-0.25, -0.2) is 0 Å².